The van der Waals surface area contributed by atoms with Crippen LogP contribution < -0.4 is 5.32 Å². The van der Waals surface area contributed by atoms with Crippen molar-refractivity contribution in [2.45, 2.75) is 39.3 Å². The van der Waals surface area contributed by atoms with Crippen LogP contribution in [0.25, 0.3) is 0 Å². The number of rotatable bonds is 7. The normalized spacial score (nSPS) is 12.8. The van der Waals surface area contributed by atoms with Crippen LogP contribution >= 0.6 is 27.3 Å². The molecule has 2 aromatic heterocycles. The van der Waals surface area contributed by atoms with Gasteiger partial charge in [-0.05, 0) is 53.5 Å². The molecule has 19 heavy (non-hydrogen) atoms. The average Bonchev–Trinajstić information content (AvgIpc) is 3.01. The summed E-state index contributed by atoms with van der Waals surface area (Å²) in [7, 11) is 0. The van der Waals surface area contributed by atoms with Gasteiger partial charge in [0.15, 0.2) is 0 Å². The first-order chi connectivity index (χ1) is 9.26. The molecule has 5 heteroatoms. The van der Waals surface area contributed by atoms with E-state index in [0.717, 1.165) is 25.9 Å². The second kappa shape index (κ2) is 7.22. The summed E-state index contributed by atoms with van der Waals surface area (Å²) >= 11 is 5.33. The Labute approximate surface area is 127 Å². The Morgan fingerprint density at radius 1 is 1.32 bits per heavy atom. The lowest BCUT2D eigenvalue weighted by atomic mass is 10.1. The minimum atomic E-state index is 0.241. The van der Waals surface area contributed by atoms with E-state index < -0.39 is 0 Å². The van der Waals surface area contributed by atoms with E-state index in [1.54, 1.807) is 11.3 Å². The van der Waals surface area contributed by atoms with E-state index in [1.807, 2.05) is 6.20 Å². The molecule has 0 aliphatic heterocycles. The van der Waals surface area contributed by atoms with Crippen molar-refractivity contribution in [3.63, 3.8) is 0 Å². The van der Waals surface area contributed by atoms with Crippen LogP contribution in [0.4, 0.5) is 0 Å². The van der Waals surface area contributed by atoms with E-state index in [4.69, 9.17) is 0 Å². The molecule has 0 spiro atoms. The lowest BCUT2D eigenvalue weighted by Crippen LogP contribution is -2.25. The number of aromatic nitrogens is 2. The molecule has 0 saturated carbocycles. The molecule has 0 aromatic carbocycles. The van der Waals surface area contributed by atoms with Crippen molar-refractivity contribution in [3.8, 4) is 0 Å². The maximum Gasteiger partial charge on any atom is 0.0842 e. The second-order valence-corrected chi connectivity index (χ2v) is 7.00. The zero-order valence-electron chi connectivity index (χ0n) is 11.4. The van der Waals surface area contributed by atoms with Gasteiger partial charge in [-0.15, -0.1) is 11.3 Å². The van der Waals surface area contributed by atoms with Gasteiger partial charge in [0.2, 0.25) is 0 Å². The highest BCUT2D eigenvalue weighted by Gasteiger charge is 2.19. The maximum atomic E-state index is 4.44. The van der Waals surface area contributed by atoms with Crippen LogP contribution in [-0.2, 0) is 6.54 Å². The molecule has 0 amide bonds. The molecule has 2 heterocycles. The Bertz CT molecular complexity index is 506. The molecule has 0 aliphatic carbocycles. The predicted octanol–water partition coefficient (Wildman–Crippen LogP) is 4.21. The Morgan fingerprint density at radius 3 is 2.79 bits per heavy atom. The highest BCUT2D eigenvalue weighted by molar-refractivity contribution is 9.11. The summed E-state index contributed by atoms with van der Waals surface area (Å²) in [5.41, 5.74) is 1.25. The molecule has 0 fully saturated rings. The minimum Gasteiger partial charge on any atom is -0.304 e. The van der Waals surface area contributed by atoms with Crippen LogP contribution in [0.2, 0.25) is 0 Å². The number of hydrogen-bond donors (Lipinski definition) is 1. The van der Waals surface area contributed by atoms with Crippen molar-refractivity contribution in [1.29, 1.82) is 0 Å². The summed E-state index contributed by atoms with van der Waals surface area (Å²) in [5, 5.41) is 8.07. The lowest BCUT2D eigenvalue weighted by molar-refractivity contribution is 0.515. The van der Waals surface area contributed by atoms with Gasteiger partial charge in [-0.25, -0.2) is 0 Å². The molecule has 2 aromatic rings. The highest BCUT2D eigenvalue weighted by atomic mass is 79.9. The largest absolute Gasteiger partial charge is 0.304 e. The number of nitrogens with zero attached hydrogens (tertiary/aromatic N) is 2. The van der Waals surface area contributed by atoms with Crippen molar-refractivity contribution in [1.82, 2.24) is 15.1 Å². The molecular weight excluding hydrogens is 322 g/mol. The first kappa shape index (κ1) is 14.8. The standard InChI is InChI=1S/C14H20BrN3S/c1-3-8-16-14(12-5-6-13(15)19-12)11-7-9-17-18(11)10-4-2/h5-7,9,14,16H,3-4,8,10H2,1-2H3. The summed E-state index contributed by atoms with van der Waals surface area (Å²) in [6.45, 7) is 6.36. The monoisotopic (exact) mass is 341 g/mol. The Kier molecular flexibility index (Phi) is 5.60. The van der Waals surface area contributed by atoms with Gasteiger partial charge in [0.05, 0.1) is 15.5 Å². The van der Waals surface area contributed by atoms with E-state index in [-0.39, 0.29) is 6.04 Å². The van der Waals surface area contributed by atoms with Crippen LogP contribution in [0.1, 0.15) is 43.3 Å². The van der Waals surface area contributed by atoms with Gasteiger partial charge in [-0.3, -0.25) is 4.68 Å². The van der Waals surface area contributed by atoms with Crippen LogP contribution in [0, 0.1) is 0 Å². The quantitative estimate of drug-likeness (QED) is 0.817. The van der Waals surface area contributed by atoms with Crippen molar-refractivity contribution in [2.75, 3.05) is 6.54 Å². The van der Waals surface area contributed by atoms with Crippen molar-refractivity contribution in [3.05, 3.63) is 38.8 Å². The molecule has 0 saturated heterocycles. The third-order valence-electron chi connectivity index (χ3n) is 2.96. The topological polar surface area (TPSA) is 29.9 Å². The van der Waals surface area contributed by atoms with Gasteiger partial charge in [0, 0.05) is 17.6 Å². The number of halogens is 1. The summed E-state index contributed by atoms with van der Waals surface area (Å²) in [4.78, 5) is 1.33. The van der Waals surface area contributed by atoms with Gasteiger partial charge in [-0.2, -0.15) is 5.10 Å². The molecule has 0 aliphatic rings. The molecule has 0 bridgehead atoms. The molecule has 0 radical (unpaired) electrons. The smallest absolute Gasteiger partial charge is 0.0842 e. The van der Waals surface area contributed by atoms with E-state index in [1.165, 1.54) is 14.4 Å². The summed E-state index contributed by atoms with van der Waals surface area (Å²) in [6, 6.07) is 6.66. The zero-order chi connectivity index (χ0) is 13.7. The van der Waals surface area contributed by atoms with Gasteiger partial charge in [0.25, 0.3) is 0 Å². The van der Waals surface area contributed by atoms with Crippen LogP contribution in [0.15, 0.2) is 28.2 Å². The van der Waals surface area contributed by atoms with E-state index >= 15 is 0 Å². The number of nitrogens with one attached hydrogen (secondary N) is 1. The molecule has 3 nitrogen and oxygen atoms in total. The predicted molar refractivity (Wildman–Crippen MR) is 84.7 cm³/mol. The minimum absolute atomic E-state index is 0.241. The van der Waals surface area contributed by atoms with Crippen molar-refractivity contribution in [2.24, 2.45) is 0 Å². The third kappa shape index (κ3) is 3.68. The third-order valence-corrected chi connectivity index (χ3v) is 4.65. The first-order valence-corrected chi connectivity index (χ1v) is 8.37. The molecular formula is C14H20BrN3S. The fourth-order valence-electron chi connectivity index (χ4n) is 2.11. The van der Waals surface area contributed by atoms with Gasteiger partial charge in [-0.1, -0.05) is 13.8 Å². The fraction of sp³-hybridized carbons (Fsp3) is 0.500. The number of thiophene rings is 1. The number of aryl methyl sites for hydroxylation is 1. The van der Waals surface area contributed by atoms with Crippen molar-refractivity contribution < 1.29 is 0 Å². The average molecular weight is 342 g/mol. The SMILES string of the molecule is CCCNC(c1ccc(Br)s1)c1ccnn1CCC. The van der Waals surface area contributed by atoms with Crippen molar-refractivity contribution >= 4 is 27.3 Å². The zero-order valence-corrected chi connectivity index (χ0v) is 13.8. The molecule has 2 rings (SSSR count). The molecule has 1 atom stereocenters. The van der Waals surface area contributed by atoms with Gasteiger partial charge >= 0.3 is 0 Å². The molecule has 1 unspecified atom stereocenters. The van der Waals surface area contributed by atoms with Gasteiger partial charge < -0.3 is 5.32 Å². The summed E-state index contributed by atoms with van der Waals surface area (Å²) in [6.07, 6.45) is 4.13. The Hall–Kier alpha value is -0.650. The number of hydrogen-bond acceptors (Lipinski definition) is 3. The maximum absolute atomic E-state index is 4.44. The van der Waals surface area contributed by atoms with E-state index in [0.29, 0.717) is 0 Å². The Balaban J connectivity index is 2.28. The fourth-order valence-corrected chi connectivity index (χ4v) is 3.62. The lowest BCUT2D eigenvalue weighted by Gasteiger charge is -2.18. The molecule has 104 valence electrons. The second-order valence-electron chi connectivity index (χ2n) is 4.51. The van der Waals surface area contributed by atoms with E-state index in [2.05, 4.69) is 63.1 Å². The summed E-state index contributed by atoms with van der Waals surface area (Å²) < 4.78 is 3.29. The molecule has 1 N–H and O–H groups in total. The van der Waals surface area contributed by atoms with Crippen LogP contribution in [0.5, 0.6) is 0 Å². The van der Waals surface area contributed by atoms with E-state index in [9.17, 15) is 0 Å². The summed E-state index contributed by atoms with van der Waals surface area (Å²) in [5.74, 6) is 0. The van der Waals surface area contributed by atoms with Crippen LogP contribution in [0.3, 0.4) is 0 Å². The Morgan fingerprint density at radius 2 is 2.16 bits per heavy atom. The van der Waals surface area contributed by atoms with Gasteiger partial charge in [0.1, 0.15) is 0 Å². The first-order valence-electron chi connectivity index (χ1n) is 6.76. The van der Waals surface area contributed by atoms with Crippen LogP contribution in [-0.4, -0.2) is 16.3 Å². The highest BCUT2D eigenvalue weighted by Crippen LogP contribution is 2.31.